The molecule has 2 amide bonds. The normalized spacial score (nSPS) is 11.4. The molecule has 2 heterocycles. The van der Waals surface area contributed by atoms with Gasteiger partial charge in [0.05, 0.1) is 11.1 Å². The van der Waals surface area contributed by atoms with Gasteiger partial charge in [0.1, 0.15) is 0 Å². The van der Waals surface area contributed by atoms with Gasteiger partial charge in [-0.3, -0.25) is 19.6 Å². The van der Waals surface area contributed by atoms with Gasteiger partial charge in [0.15, 0.2) is 0 Å². The molecule has 3 aromatic rings. The van der Waals surface area contributed by atoms with Crippen LogP contribution in [0.4, 0.5) is 0 Å². The molecule has 0 aliphatic heterocycles. The van der Waals surface area contributed by atoms with Crippen molar-refractivity contribution in [1.29, 1.82) is 0 Å². The highest BCUT2D eigenvalue weighted by Crippen LogP contribution is 2.23. The molecule has 0 spiro atoms. The largest absolute Gasteiger partial charge is 0.366 e. The van der Waals surface area contributed by atoms with Crippen LogP contribution in [0, 0.1) is 13.8 Å². The number of aryl methyl sites for hydroxylation is 2. The summed E-state index contributed by atoms with van der Waals surface area (Å²) < 4.78 is 0. The van der Waals surface area contributed by atoms with E-state index in [-0.39, 0.29) is 5.91 Å². The van der Waals surface area contributed by atoms with E-state index < -0.39 is 5.91 Å². The summed E-state index contributed by atoms with van der Waals surface area (Å²) in [4.78, 5) is 35.4. The number of hydrogen-bond donors (Lipinski definition) is 1. The van der Waals surface area contributed by atoms with Crippen LogP contribution in [0.1, 0.15) is 52.2 Å². The Morgan fingerprint density at radius 2 is 1.69 bits per heavy atom. The highest BCUT2D eigenvalue weighted by Gasteiger charge is 2.15. The first kappa shape index (κ1) is 25.6. The lowest BCUT2D eigenvalue weighted by Gasteiger charge is -2.18. The topological polar surface area (TPSA) is 89.2 Å². The number of rotatable bonds is 8. The van der Waals surface area contributed by atoms with E-state index >= 15 is 0 Å². The van der Waals surface area contributed by atoms with E-state index in [1.807, 2.05) is 45.9 Å². The Kier molecular flexibility index (Phi) is 7.65. The second-order valence-corrected chi connectivity index (χ2v) is 9.20. The van der Waals surface area contributed by atoms with Gasteiger partial charge in [-0.1, -0.05) is 24.8 Å². The number of fused-ring (bicyclic) bond motifs is 1. The molecule has 0 saturated carbocycles. The summed E-state index contributed by atoms with van der Waals surface area (Å²) in [5.41, 5.74) is 13.6. The lowest BCUT2D eigenvalue weighted by molar-refractivity contribution is -0.126. The van der Waals surface area contributed by atoms with Crippen molar-refractivity contribution in [3.05, 3.63) is 101 Å². The molecule has 1 aromatic carbocycles. The maximum atomic E-state index is 13.0. The van der Waals surface area contributed by atoms with Crippen LogP contribution >= 0.6 is 0 Å². The van der Waals surface area contributed by atoms with Crippen molar-refractivity contribution in [2.24, 2.45) is 5.73 Å². The van der Waals surface area contributed by atoms with Gasteiger partial charge in [-0.25, -0.2) is 0 Å². The number of carbonyl (C=O) groups is 2. The maximum Gasteiger partial charge on any atom is 0.253 e. The van der Waals surface area contributed by atoms with Gasteiger partial charge < -0.3 is 10.6 Å². The van der Waals surface area contributed by atoms with Crippen LogP contribution in [0.25, 0.3) is 16.5 Å². The van der Waals surface area contributed by atoms with E-state index in [0.717, 1.165) is 44.5 Å². The Morgan fingerprint density at radius 1 is 1.00 bits per heavy atom. The van der Waals surface area contributed by atoms with Crippen molar-refractivity contribution in [3.63, 3.8) is 0 Å². The third-order valence-corrected chi connectivity index (χ3v) is 5.79. The van der Waals surface area contributed by atoms with Gasteiger partial charge in [0.25, 0.3) is 11.8 Å². The van der Waals surface area contributed by atoms with E-state index in [9.17, 15) is 9.59 Å². The summed E-state index contributed by atoms with van der Waals surface area (Å²) in [5.74, 6) is -0.686. The second kappa shape index (κ2) is 10.5. The fourth-order valence-electron chi connectivity index (χ4n) is 4.13. The molecule has 0 saturated heterocycles. The minimum atomic E-state index is -0.517. The predicted molar refractivity (Wildman–Crippen MR) is 142 cm³/mol. The Bertz CT molecular complexity index is 1380. The number of pyridine rings is 2. The maximum absolute atomic E-state index is 13.0. The SMILES string of the molecule is C=C(/C=C(\C)Cc1cc(C(N)=O)c2ncc(C)cc2c1)C(=O)N(C)Cc1cnc(C)c(C(=C)C)c1. The molecule has 0 fully saturated rings. The van der Waals surface area contributed by atoms with E-state index in [1.165, 1.54) is 0 Å². The average molecular weight is 469 g/mol. The van der Waals surface area contributed by atoms with Crippen LogP contribution in [0.5, 0.6) is 0 Å². The first-order valence-corrected chi connectivity index (χ1v) is 11.4. The minimum absolute atomic E-state index is 0.169. The molecule has 0 unspecified atom stereocenters. The number of carbonyl (C=O) groups excluding carboxylic acids is 2. The lowest BCUT2D eigenvalue weighted by atomic mass is 9.98. The number of allylic oxidation sites excluding steroid dienone is 2. The Hall–Kier alpha value is -4.06. The fourth-order valence-corrected chi connectivity index (χ4v) is 4.13. The van der Waals surface area contributed by atoms with Crippen LogP contribution in [0.2, 0.25) is 0 Å². The van der Waals surface area contributed by atoms with Crippen LogP contribution in [0.3, 0.4) is 0 Å². The molecule has 2 N–H and O–H groups in total. The molecule has 0 aliphatic carbocycles. The van der Waals surface area contributed by atoms with E-state index in [1.54, 1.807) is 36.5 Å². The predicted octanol–water partition coefficient (Wildman–Crippen LogP) is 5.08. The zero-order chi connectivity index (χ0) is 25.9. The van der Waals surface area contributed by atoms with Crippen LogP contribution < -0.4 is 5.73 Å². The standard InChI is InChI=1S/C29H32N4O2/c1-17(2)25-13-23(15-31-21(25)6)16-33(7)29(35)20(5)8-18(3)9-22-11-24-10-19(4)14-32-27(24)26(12-22)28(30)34/h8,10-15H,1,5,9,16H2,2-4,6-7H3,(H2,30,34)/b18-8+. The third kappa shape index (κ3) is 6.09. The van der Waals surface area contributed by atoms with Crippen LogP contribution in [-0.2, 0) is 17.8 Å². The molecule has 0 bridgehead atoms. The monoisotopic (exact) mass is 468 g/mol. The molecule has 35 heavy (non-hydrogen) atoms. The summed E-state index contributed by atoms with van der Waals surface area (Å²) in [6.07, 6.45) is 5.83. The zero-order valence-corrected chi connectivity index (χ0v) is 21.1. The highest BCUT2D eigenvalue weighted by molar-refractivity contribution is 6.05. The smallest absolute Gasteiger partial charge is 0.253 e. The first-order chi connectivity index (χ1) is 16.5. The number of benzene rings is 1. The van der Waals surface area contributed by atoms with Crippen LogP contribution in [-0.4, -0.2) is 33.7 Å². The molecule has 6 nitrogen and oxygen atoms in total. The summed E-state index contributed by atoms with van der Waals surface area (Å²) in [5, 5.41) is 0.861. The van der Waals surface area contributed by atoms with Crippen molar-refractivity contribution in [2.45, 2.75) is 40.7 Å². The molecule has 0 aliphatic rings. The third-order valence-electron chi connectivity index (χ3n) is 5.79. The van der Waals surface area contributed by atoms with Gasteiger partial charge in [-0.15, -0.1) is 0 Å². The molecular weight excluding hydrogens is 436 g/mol. The van der Waals surface area contributed by atoms with Gasteiger partial charge in [-0.05, 0) is 86.2 Å². The fraction of sp³-hybridized carbons (Fsp3) is 0.241. The summed E-state index contributed by atoms with van der Waals surface area (Å²) in [7, 11) is 1.74. The second-order valence-electron chi connectivity index (χ2n) is 9.20. The molecular formula is C29H32N4O2. The number of aromatic nitrogens is 2. The van der Waals surface area contributed by atoms with Crippen molar-refractivity contribution in [2.75, 3.05) is 7.05 Å². The number of nitrogens with two attached hydrogens (primary N) is 1. The van der Waals surface area contributed by atoms with E-state index in [0.29, 0.717) is 29.6 Å². The first-order valence-electron chi connectivity index (χ1n) is 11.4. The number of hydrogen-bond acceptors (Lipinski definition) is 4. The van der Waals surface area contributed by atoms with Crippen LogP contribution in [0.15, 0.2) is 67.0 Å². The number of amides is 2. The summed E-state index contributed by atoms with van der Waals surface area (Å²) >= 11 is 0. The number of primary amides is 1. The molecule has 6 heteroatoms. The Morgan fingerprint density at radius 3 is 2.34 bits per heavy atom. The van der Waals surface area contributed by atoms with Crippen molar-refractivity contribution < 1.29 is 9.59 Å². The van der Waals surface area contributed by atoms with Crippen molar-refractivity contribution in [1.82, 2.24) is 14.9 Å². The zero-order valence-electron chi connectivity index (χ0n) is 21.1. The van der Waals surface area contributed by atoms with Crippen molar-refractivity contribution in [3.8, 4) is 0 Å². The summed E-state index contributed by atoms with van der Waals surface area (Å²) in [6, 6.07) is 7.77. The highest BCUT2D eigenvalue weighted by atomic mass is 16.2. The molecule has 0 atom stereocenters. The van der Waals surface area contributed by atoms with Gasteiger partial charge >= 0.3 is 0 Å². The lowest BCUT2D eigenvalue weighted by Crippen LogP contribution is -2.27. The molecule has 180 valence electrons. The van der Waals surface area contributed by atoms with Crippen molar-refractivity contribution >= 4 is 28.3 Å². The van der Waals surface area contributed by atoms with Gasteiger partial charge in [0.2, 0.25) is 0 Å². The minimum Gasteiger partial charge on any atom is -0.366 e. The molecule has 0 radical (unpaired) electrons. The Balaban J connectivity index is 1.76. The van der Waals surface area contributed by atoms with E-state index in [2.05, 4.69) is 23.1 Å². The average Bonchev–Trinajstić information content (AvgIpc) is 2.78. The quantitative estimate of drug-likeness (QED) is 0.369. The molecule has 3 rings (SSSR count). The van der Waals surface area contributed by atoms with Gasteiger partial charge in [-0.2, -0.15) is 0 Å². The Labute approximate surface area is 206 Å². The number of nitrogens with zero attached hydrogens (tertiary/aromatic N) is 3. The summed E-state index contributed by atoms with van der Waals surface area (Å²) in [6.45, 7) is 16.2. The molecule has 2 aromatic heterocycles. The van der Waals surface area contributed by atoms with E-state index in [4.69, 9.17) is 5.73 Å². The van der Waals surface area contributed by atoms with Gasteiger partial charge in [0, 0.05) is 42.6 Å². The number of likely N-dealkylation sites (N-methyl/N-ethyl adjacent to an activating group) is 1.